The van der Waals surface area contributed by atoms with Gasteiger partial charge in [-0.3, -0.25) is 0 Å². The quantitative estimate of drug-likeness (QED) is 0.755. The number of aliphatic hydroxyl groups is 1. The van der Waals surface area contributed by atoms with Gasteiger partial charge in [-0.15, -0.1) is 11.3 Å². The van der Waals surface area contributed by atoms with E-state index in [1.54, 1.807) is 17.4 Å². The van der Waals surface area contributed by atoms with E-state index in [1.165, 1.54) is 27.8 Å². The van der Waals surface area contributed by atoms with Crippen molar-refractivity contribution in [2.24, 2.45) is 0 Å². The van der Waals surface area contributed by atoms with Gasteiger partial charge in [0.05, 0.1) is 6.61 Å². The van der Waals surface area contributed by atoms with Crippen molar-refractivity contribution in [3.63, 3.8) is 0 Å². The smallest absolute Gasteiger partial charge is 0.123 e. The number of hydrogen-bond donors (Lipinski definition) is 1. The van der Waals surface area contributed by atoms with Crippen LogP contribution in [0.4, 0.5) is 4.39 Å². The number of thiophene rings is 1. The number of rotatable bonds is 4. The molecule has 0 bridgehead atoms. The molecule has 0 spiro atoms. The molecule has 20 heavy (non-hydrogen) atoms. The van der Waals surface area contributed by atoms with Crippen LogP contribution in [0, 0.1) is 5.82 Å². The van der Waals surface area contributed by atoms with Gasteiger partial charge in [0.25, 0.3) is 0 Å². The van der Waals surface area contributed by atoms with Crippen molar-refractivity contribution in [3.05, 3.63) is 70.9 Å². The number of fused-ring (bicyclic) bond motifs is 1. The highest BCUT2D eigenvalue weighted by atomic mass is 32.1. The van der Waals surface area contributed by atoms with Crippen LogP contribution in [0.2, 0.25) is 0 Å². The van der Waals surface area contributed by atoms with Gasteiger partial charge in [0, 0.05) is 10.6 Å². The fraction of sp³-hybridized carbons (Fsp3) is 0.176. The Labute approximate surface area is 121 Å². The molecule has 0 saturated carbocycles. The lowest BCUT2D eigenvalue weighted by atomic mass is 9.92. The van der Waals surface area contributed by atoms with Gasteiger partial charge in [-0.25, -0.2) is 4.39 Å². The molecule has 1 unspecified atom stereocenters. The van der Waals surface area contributed by atoms with Crippen molar-refractivity contribution in [1.82, 2.24) is 0 Å². The summed E-state index contributed by atoms with van der Waals surface area (Å²) in [7, 11) is 0. The first kappa shape index (κ1) is 13.3. The minimum atomic E-state index is -0.254. The van der Waals surface area contributed by atoms with E-state index in [0.29, 0.717) is 0 Å². The molecule has 0 aliphatic carbocycles. The molecule has 0 radical (unpaired) electrons. The van der Waals surface area contributed by atoms with E-state index < -0.39 is 0 Å². The van der Waals surface area contributed by atoms with Crippen molar-refractivity contribution in [2.75, 3.05) is 6.61 Å². The monoisotopic (exact) mass is 286 g/mol. The number of benzene rings is 2. The summed E-state index contributed by atoms with van der Waals surface area (Å²) < 4.78 is 14.6. The minimum Gasteiger partial charge on any atom is -0.396 e. The van der Waals surface area contributed by atoms with Gasteiger partial charge in [0.1, 0.15) is 5.82 Å². The lowest BCUT2D eigenvalue weighted by molar-refractivity contribution is 0.264. The molecule has 1 atom stereocenters. The van der Waals surface area contributed by atoms with Crippen LogP contribution in [-0.4, -0.2) is 11.7 Å². The van der Waals surface area contributed by atoms with Crippen LogP contribution in [0.5, 0.6) is 0 Å². The van der Waals surface area contributed by atoms with Crippen molar-refractivity contribution in [1.29, 1.82) is 0 Å². The molecule has 0 fully saturated rings. The van der Waals surface area contributed by atoms with Crippen LogP contribution in [0.25, 0.3) is 10.1 Å². The highest BCUT2D eigenvalue weighted by molar-refractivity contribution is 7.17. The summed E-state index contributed by atoms with van der Waals surface area (Å²) in [5, 5.41) is 13.0. The second-order valence-electron chi connectivity index (χ2n) is 4.90. The Bertz CT molecular complexity index is 720. The Balaban J connectivity index is 1.92. The van der Waals surface area contributed by atoms with Crippen molar-refractivity contribution in [2.45, 2.75) is 12.3 Å². The molecule has 0 saturated heterocycles. The SMILES string of the molecule is OCC(Cc1csc2ccccc12)c1cccc(F)c1. The van der Waals surface area contributed by atoms with E-state index in [4.69, 9.17) is 0 Å². The third-order valence-corrected chi connectivity index (χ3v) is 4.58. The molecular formula is C17H15FOS. The summed E-state index contributed by atoms with van der Waals surface area (Å²) in [5.41, 5.74) is 2.07. The zero-order valence-corrected chi connectivity index (χ0v) is 11.7. The largest absolute Gasteiger partial charge is 0.396 e. The van der Waals surface area contributed by atoms with E-state index >= 15 is 0 Å². The Morgan fingerprint density at radius 2 is 1.95 bits per heavy atom. The molecule has 102 valence electrons. The molecule has 0 aliphatic rings. The molecule has 3 aromatic rings. The molecule has 1 nitrogen and oxygen atoms in total. The van der Waals surface area contributed by atoms with E-state index in [-0.39, 0.29) is 18.3 Å². The second kappa shape index (κ2) is 5.73. The maximum absolute atomic E-state index is 13.3. The number of hydrogen-bond acceptors (Lipinski definition) is 2. The van der Waals surface area contributed by atoms with Gasteiger partial charge in [-0.2, -0.15) is 0 Å². The lowest BCUT2D eigenvalue weighted by Crippen LogP contribution is -2.07. The first-order chi connectivity index (χ1) is 9.78. The zero-order valence-electron chi connectivity index (χ0n) is 10.9. The summed E-state index contributed by atoms with van der Waals surface area (Å²) in [4.78, 5) is 0. The van der Waals surface area contributed by atoms with Crippen LogP contribution in [-0.2, 0) is 6.42 Å². The van der Waals surface area contributed by atoms with Crippen molar-refractivity contribution < 1.29 is 9.50 Å². The van der Waals surface area contributed by atoms with Crippen LogP contribution in [0.15, 0.2) is 53.9 Å². The van der Waals surface area contributed by atoms with Gasteiger partial charge < -0.3 is 5.11 Å². The number of aliphatic hydroxyl groups excluding tert-OH is 1. The summed E-state index contributed by atoms with van der Waals surface area (Å²) in [6, 6.07) is 14.7. The molecule has 3 rings (SSSR count). The summed E-state index contributed by atoms with van der Waals surface area (Å²) in [6.45, 7) is 0.0215. The van der Waals surface area contributed by atoms with E-state index in [0.717, 1.165) is 12.0 Å². The standard InChI is InChI=1S/C17H15FOS/c18-15-5-3-4-12(9-15)13(10-19)8-14-11-20-17-7-2-1-6-16(14)17/h1-7,9,11,13,19H,8,10H2. The molecule has 1 N–H and O–H groups in total. The van der Waals surface area contributed by atoms with Crippen molar-refractivity contribution >= 4 is 21.4 Å². The van der Waals surface area contributed by atoms with Crippen molar-refractivity contribution in [3.8, 4) is 0 Å². The maximum Gasteiger partial charge on any atom is 0.123 e. The van der Waals surface area contributed by atoms with Crippen LogP contribution < -0.4 is 0 Å². The summed E-state index contributed by atoms with van der Waals surface area (Å²) >= 11 is 1.71. The third kappa shape index (κ3) is 2.60. The van der Waals surface area contributed by atoms with Gasteiger partial charge in [0.15, 0.2) is 0 Å². The molecule has 0 amide bonds. The zero-order chi connectivity index (χ0) is 13.9. The normalized spacial score (nSPS) is 12.7. The van der Waals surface area contributed by atoms with E-state index in [2.05, 4.69) is 17.5 Å². The highest BCUT2D eigenvalue weighted by Gasteiger charge is 2.14. The maximum atomic E-state index is 13.3. The average molecular weight is 286 g/mol. The van der Waals surface area contributed by atoms with Crippen LogP contribution >= 0.6 is 11.3 Å². The molecule has 3 heteroatoms. The highest BCUT2D eigenvalue weighted by Crippen LogP contribution is 2.30. The predicted molar refractivity (Wildman–Crippen MR) is 81.8 cm³/mol. The lowest BCUT2D eigenvalue weighted by Gasteiger charge is -2.14. The molecule has 1 heterocycles. The Kier molecular flexibility index (Phi) is 3.81. The fourth-order valence-electron chi connectivity index (χ4n) is 2.50. The summed E-state index contributed by atoms with van der Waals surface area (Å²) in [5.74, 6) is -0.320. The van der Waals surface area contributed by atoms with E-state index in [9.17, 15) is 9.50 Å². The first-order valence-corrected chi connectivity index (χ1v) is 7.47. The van der Waals surface area contributed by atoms with Gasteiger partial charge in [-0.05, 0) is 46.5 Å². The second-order valence-corrected chi connectivity index (χ2v) is 5.81. The molecule has 1 aromatic heterocycles. The number of halogens is 1. The molecular weight excluding hydrogens is 271 g/mol. The Morgan fingerprint density at radius 1 is 1.10 bits per heavy atom. The Morgan fingerprint density at radius 3 is 2.75 bits per heavy atom. The minimum absolute atomic E-state index is 0.0215. The van der Waals surface area contributed by atoms with Crippen LogP contribution in [0.1, 0.15) is 17.0 Å². The van der Waals surface area contributed by atoms with Gasteiger partial charge in [-0.1, -0.05) is 30.3 Å². The third-order valence-electron chi connectivity index (χ3n) is 3.57. The van der Waals surface area contributed by atoms with Gasteiger partial charge in [0.2, 0.25) is 0 Å². The fourth-order valence-corrected chi connectivity index (χ4v) is 3.48. The molecule has 2 aromatic carbocycles. The predicted octanol–water partition coefficient (Wildman–Crippen LogP) is 4.36. The average Bonchev–Trinajstić information content (AvgIpc) is 2.88. The van der Waals surface area contributed by atoms with E-state index in [1.807, 2.05) is 18.2 Å². The Hall–Kier alpha value is -1.71. The topological polar surface area (TPSA) is 20.2 Å². The summed E-state index contributed by atoms with van der Waals surface area (Å²) in [6.07, 6.45) is 0.726. The van der Waals surface area contributed by atoms with Gasteiger partial charge >= 0.3 is 0 Å². The molecule has 0 aliphatic heterocycles. The first-order valence-electron chi connectivity index (χ1n) is 6.59. The van der Waals surface area contributed by atoms with Crippen LogP contribution in [0.3, 0.4) is 0 Å².